The Balaban J connectivity index is 2.47. The quantitative estimate of drug-likeness (QED) is 0.710. The van der Waals surface area contributed by atoms with Gasteiger partial charge in [0.15, 0.2) is 0 Å². The lowest BCUT2D eigenvalue weighted by atomic mass is 9.79. The molecule has 0 unspecified atom stereocenters. The van der Waals surface area contributed by atoms with E-state index in [1.807, 2.05) is 0 Å². The molecule has 0 spiro atoms. The molecule has 0 amide bonds. The van der Waals surface area contributed by atoms with E-state index in [0.717, 1.165) is 13.1 Å². The van der Waals surface area contributed by atoms with Gasteiger partial charge in [-0.25, -0.2) is 0 Å². The molecule has 0 radical (unpaired) electrons. The minimum Gasteiger partial charge on any atom is -0.390 e. The van der Waals surface area contributed by atoms with E-state index >= 15 is 0 Å². The van der Waals surface area contributed by atoms with E-state index in [-0.39, 0.29) is 11.6 Å². The smallest absolute Gasteiger partial charge is 0.0794 e. The van der Waals surface area contributed by atoms with E-state index in [0.29, 0.717) is 5.41 Å². The van der Waals surface area contributed by atoms with Gasteiger partial charge in [0.05, 0.1) is 6.10 Å². The summed E-state index contributed by atoms with van der Waals surface area (Å²) in [6.07, 6.45) is 1.09. The van der Waals surface area contributed by atoms with Crippen LogP contribution in [0.4, 0.5) is 0 Å². The van der Waals surface area contributed by atoms with Crippen LogP contribution in [0.15, 0.2) is 0 Å². The van der Waals surface area contributed by atoms with Crippen LogP contribution in [-0.4, -0.2) is 34.7 Å². The molecular formula is C11H23NO. The maximum Gasteiger partial charge on any atom is 0.0794 e. The highest BCUT2D eigenvalue weighted by atomic mass is 16.3. The minimum atomic E-state index is -0.0840. The van der Waals surface area contributed by atoms with Crippen LogP contribution in [0.25, 0.3) is 0 Å². The zero-order valence-corrected chi connectivity index (χ0v) is 9.59. The van der Waals surface area contributed by atoms with Crippen LogP contribution in [0.2, 0.25) is 0 Å². The standard InChI is InChI=1S/C11H23NO/c1-10(2,3)8-11(4,5)12-6-9(13)7-12/h9,13H,6-8H2,1-5H3. The van der Waals surface area contributed by atoms with Gasteiger partial charge < -0.3 is 5.11 Å². The first-order valence-electron chi connectivity index (χ1n) is 5.14. The highest BCUT2D eigenvalue weighted by Gasteiger charge is 2.38. The van der Waals surface area contributed by atoms with Crippen molar-refractivity contribution in [2.75, 3.05) is 13.1 Å². The van der Waals surface area contributed by atoms with E-state index < -0.39 is 0 Å². The number of likely N-dealkylation sites (tertiary alicyclic amines) is 1. The maximum atomic E-state index is 9.24. The van der Waals surface area contributed by atoms with Crippen LogP contribution in [0.5, 0.6) is 0 Å². The lowest BCUT2D eigenvalue weighted by Crippen LogP contribution is -2.60. The van der Waals surface area contributed by atoms with Crippen molar-refractivity contribution in [2.24, 2.45) is 5.41 Å². The van der Waals surface area contributed by atoms with Crippen molar-refractivity contribution in [1.29, 1.82) is 0 Å². The number of rotatable bonds is 2. The van der Waals surface area contributed by atoms with Gasteiger partial charge in [0.25, 0.3) is 0 Å². The molecule has 0 atom stereocenters. The topological polar surface area (TPSA) is 23.5 Å². The van der Waals surface area contributed by atoms with Crippen molar-refractivity contribution in [2.45, 2.75) is 52.7 Å². The van der Waals surface area contributed by atoms with Gasteiger partial charge in [-0.05, 0) is 25.7 Å². The van der Waals surface area contributed by atoms with Crippen LogP contribution < -0.4 is 0 Å². The average Bonchev–Trinajstić information content (AvgIpc) is 1.74. The third-order valence-electron chi connectivity index (χ3n) is 2.68. The fourth-order valence-corrected chi connectivity index (χ4v) is 2.36. The lowest BCUT2D eigenvalue weighted by Gasteiger charge is -2.49. The highest BCUT2D eigenvalue weighted by molar-refractivity contribution is 4.93. The van der Waals surface area contributed by atoms with Crippen LogP contribution >= 0.6 is 0 Å². The Morgan fingerprint density at radius 3 is 1.92 bits per heavy atom. The number of hydrogen-bond acceptors (Lipinski definition) is 2. The summed E-state index contributed by atoms with van der Waals surface area (Å²) in [6, 6.07) is 0. The van der Waals surface area contributed by atoms with Crippen LogP contribution in [0.3, 0.4) is 0 Å². The van der Waals surface area contributed by atoms with Gasteiger partial charge in [-0.1, -0.05) is 20.8 Å². The fraction of sp³-hybridized carbons (Fsp3) is 1.00. The number of hydrogen-bond donors (Lipinski definition) is 1. The third kappa shape index (κ3) is 2.96. The maximum absolute atomic E-state index is 9.24. The van der Waals surface area contributed by atoms with Gasteiger partial charge in [0.2, 0.25) is 0 Å². The van der Waals surface area contributed by atoms with Crippen molar-refractivity contribution in [1.82, 2.24) is 4.90 Å². The van der Waals surface area contributed by atoms with Crippen molar-refractivity contribution < 1.29 is 5.11 Å². The second-order valence-corrected chi connectivity index (χ2v) is 6.11. The lowest BCUT2D eigenvalue weighted by molar-refractivity contribution is -0.0668. The first-order valence-corrected chi connectivity index (χ1v) is 5.14. The Morgan fingerprint density at radius 1 is 1.15 bits per heavy atom. The van der Waals surface area contributed by atoms with Crippen molar-refractivity contribution in [3.63, 3.8) is 0 Å². The Bertz CT molecular complexity index is 175. The summed E-state index contributed by atoms with van der Waals surface area (Å²) in [6.45, 7) is 13.0. The van der Waals surface area contributed by atoms with Gasteiger partial charge in [0, 0.05) is 18.6 Å². The molecule has 0 aromatic heterocycles. The summed E-state index contributed by atoms with van der Waals surface area (Å²) in [5.74, 6) is 0. The Morgan fingerprint density at radius 2 is 1.62 bits per heavy atom. The largest absolute Gasteiger partial charge is 0.390 e. The monoisotopic (exact) mass is 185 g/mol. The summed E-state index contributed by atoms with van der Waals surface area (Å²) in [7, 11) is 0. The summed E-state index contributed by atoms with van der Waals surface area (Å²) in [5, 5.41) is 9.24. The predicted molar refractivity (Wildman–Crippen MR) is 55.7 cm³/mol. The Labute approximate surface area is 81.9 Å². The van der Waals surface area contributed by atoms with E-state index in [1.54, 1.807) is 0 Å². The molecule has 0 aromatic rings. The van der Waals surface area contributed by atoms with Crippen LogP contribution in [0, 0.1) is 5.41 Å². The fourth-order valence-electron chi connectivity index (χ4n) is 2.36. The molecule has 1 N–H and O–H groups in total. The molecule has 1 aliphatic heterocycles. The predicted octanol–water partition coefficient (Wildman–Crippen LogP) is 1.88. The molecule has 2 nitrogen and oxygen atoms in total. The van der Waals surface area contributed by atoms with Gasteiger partial charge >= 0.3 is 0 Å². The van der Waals surface area contributed by atoms with E-state index in [9.17, 15) is 5.11 Å². The normalized spacial score (nSPS) is 21.7. The van der Waals surface area contributed by atoms with E-state index in [2.05, 4.69) is 39.5 Å². The molecule has 0 aliphatic carbocycles. The van der Waals surface area contributed by atoms with Crippen molar-refractivity contribution in [3.05, 3.63) is 0 Å². The summed E-state index contributed by atoms with van der Waals surface area (Å²) < 4.78 is 0. The van der Waals surface area contributed by atoms with E-state index in [4.69, 9.17) is 0 Å². The highest BCUT2D eigenvalue weighted by Crippen LogP contribution is 2.33. The molecule has 1 heterocycles. The number of nitrogens with zero attached hydrogens (tertiary/aromatic N) is 1. The molecule has 1 aliphatic rings. The Hall–Kier alpha value is -0.0800. The number of β-amino-alcohol motifs (C(OH)–C–C–N with tert-alkyl or cyclic N) is 1. The number of aliphatic hydroxyl groups is 1. The second kappa shape index (κ2) is 3.25. The first-order chi connectivity index (χ1) is 5.71. The minimum absolute atomic E-state index is 0.0840. The molecule has 2 heteroatoms. The SMILES string of the molecule is CC(C)(C)CC(C)(C)N1CC(O)C1. The van der Waals surface area contributed by atoms with Gasteiger partial charge in [0.1, 0.15) is 0 Å². The molecule has 78 valence electrons. The average molecular weight is 185 g/mol. The molecule has 0 bridgehead atoms. The van der Waals surface area contributed by atoms with E-state index in [1.165, 1.54) is 6.42 Å². The number of aliphatic hydroxyl groups excluding tert-OH is 1. The van der Waals surface area contributed by atoms with Gasteiger partial charge in [-0.15, -0.1) is 0 Å². The third-order valence-corrected chi connectivity index (χ3v) is 2.68. The van der Waals surface area contributed by atoms with Crippen LogP contribution in [-0.2, 0) is 0 Å². The molecule has 0 aromatic carbocycles. The zero-order chi connectivity index (χ0) is 10.3. The van der Waals surface area contributed by atoms with Gasteiger partial charge in [-0.3, -0.25) is 4.90 Å². The summed E-state index contributed by atoms with van der Waals surface area (Å²) in [5.41, 5.74) is 0.599. The summed E-state index contributed by atoms with van der Waals surface area (Å²) in [4.78, 5) is 2.36. The molecule has 1 saturated heterocycles. The molecule has 1 rings (SSSR count). The molecule has 13 heavy (non-hydrogen) atoms. The zero-order valence-electron chi connectivity index (χ0n) is 9.59. The van der Waals surface area contributed by atoms with Gasteiger partial charge in [-0.2, -0.15) is 0 Å². The molecular weight excluding hydrogens is 162 g/mol. The molecule has 1 fully saturated rings. The molecule has 0 saturated carbocycles. The first kappa shape index (κ1) is 11.0. The Kier molecular flexibility index (Phi) is 2.75. The van der Waals surface area contributed by atoms with Crippen molar-refractivity contribution >= 4 is 0 Å². The summed E-state index contributed by atoms with van der Waals surface area (Å²) >= 11 is 0. The van der Waals surface area contributed by atoms with Crippen molar-refractivity contribution in [3.8, 4) is 0 Å². The second-order valence-electron chi connectivity index (χ2n) is 6.11. The van der Waals surface area contributed by atoms with Crippen LogP contribution in [0.1, 0.15) is 41.0 Å².